The van der Waals surface area contributed by atoms with Gasteiger partial charge < -0.3 is 221 Å². The summed E-state index contributed by atoms with van der Waals surface area (Å²) in [5.74, 6) is -22.0. The lowest BCUT2D eigenvalue weighted by atomic mass is 9.87. The van der Waals surface area contributed by atoms with Gasteiger partial charge >= 0.3 is 17.9 Å². The number of carboxylic acid groups (broad SMARTS) is 3. The maximum atomic E-state index is 14.2. The summed E-state index contributed by atoms with van der Waals surface area (Å²) in [5, 5.41) is 298. The van der Waals surface area contributed by atoms with Gasteiger partial charge in [-0.2, -0.15) is 0 Å². The van der Waals surface area contributed by atoms with E-state index in [1.165, 1.54) is 76.7 Å². The zero-order valence-corrected chi connectivity index (χ0v) is 82.8. The van der Waals surface area contributed by atoms with Gasteiger partial charge in [-0.15, -0.1) is 0 Å². The van der Waals surface area contributed by atoms with Crippen LogP contribution in [0.15, 0.2) is 12.2 Å². The Balaban J connectivity index is 1.20. The van der Waals surface area contributed by atoms with Crippen LogP contribution in [-0.4, -0.2) is 472 Å². The van der Waals surface area contributed by atoms with E-state index in [1.54, 1.807) is 6.08 Å². The van der Waals surface area contributed by atoms with Crippen LogP contribution in [-0.2, 0) is 105 Å². The SMILES string of the molecule is CCCCCCCCCCCCC/C=C/[C@@H](O)[C@H](CO[C@@H]1OC(CO)[C@@H](O[C@@H]2OC(CO)[C@H](O[C@@H]3OC(CO)[C@H](O)[C@H](O[C@@H]4OC(CO)[C@H](O)[C@H](O[C@]5(C(=O)O)CC(O)[C@@H](NC(C)=O)C([C@H](O)[C@@H](CO)O[C@]6(C(=O)O)CC(O)[C@@H](NC(C)=O)C([C@H](O)[C@H](O)CO)O6)O5)C4O)C3NC(C)=O)[C@H](O[C@]3(C(=O)O)CC(O)[C@@H](NC(C)=O)C([C@H](O)[C@H](O)CO)O3)C2O)[C@H](O)C1O)NC(=O)CCCCCCCCCCCCCCC. The number of carboxylic acids is 3. The van der Waals surface area contributed by atoms with Gasteiger partial charge in [0.2, 0.25) is 29.5 Å². The fourth-order valence-electron chi connectivity index (χ4n) is 19.1. The smallest absolute Gasteiger partial charge is 0.364 e. The molecule has 0 aliphatic carbocycles. The van der Waals surface area contributed by atoms with E-state index < -0.39 is 363 Å². The van der Waals surface area contributed by atoms with E-state index in [0.717, 1.165) is 105 Å². The first-order valence-corrected chi connectivity index (χ1v) is 50.4. The first kappa shape index (κ1) is 126. The Hall–Kier alpha value is -5.94. The molecule has 14 unspecified atom stereocenters. The van der Waals surface area contributed by atoms with Crippen LogP contribution >= 0.6 is 0 Å². The minimum absolute atomic E-state index is 0.0675. The predicted molar refractivity (Wildman–Crippen MR) is 492 cm³/mol. The topological polar surface area (TPSA) is 832 Å². The van der Waals surface area contributed by atoms with Crippen LogP contribution in [0.5, 0.6) is 0 Å². The van der Waals surface area contributed by atoms with Gasteiger partial charge in [0.25, 0.3) is 17.4 Å². The first-order chi connectivity index (χ1) is 68.9. The molecular weight excluding hydrogens is 1940 g/mol. The van der Waals surface area contributed by atoms with Crippen LogP contribution < -0.4 is 26.6 Å². The Morgan fingerprint density at radius 2 is 0.724 bits per heavy atom. The van der Waals surface area contributed by atoms with Crippen LogP contribution in [0.1, 0.15) is 228 Å². The maximum Gasteiger partial charge on any atom is 0.364 e. The van der Waals surface area contributed by atoms with Crippen LogP contribution in [0.4, 0.5) is 0 Å². The molecule has 7 saturated heterocycles. The van der Waals surface area contributed by atoms with Crippen molar-refractivity contribution in [2.24, 2.45) is 0 Å². The Bertz CT molecular complexity index is 3880. The normalized spacial score (nSPS) is 35.8. The molecule has 145 heavy (non-hydrogen) atoms. The lowest BCUT2D eigenvalue weighted by Crippen LogP contribution is -2.73. The predicted octanol–water partition coefficient (Wildman–Crippen LogP) is -7.48. The monoisotopic (exact) mass is 2100 g/mol. The van der Waals surface area contributed by atoms with Gasteiger partial charge in [-0.1, -0.05) is 167 Å². The van der Waals surface area contributed by atoms with E-state index in [2.05, 4.69) is 40.4 Å². The molecular formula is C93H161N5O47. The Morgan fingerprint density at radius 3 is 1.14 bits per heavy atom. The summed E-state index contributed by atoms with van der Waals surface area (Å²) in [5.41, 5.74) is 0. The van der Waals surface area contributed by atoms with E-state index in [-0.39, 0.29) is 6.42 Å². The minimum Gasteiger partial charge on any atom is -0.477 e. The number of aliphatic carboxylic acids is 3. The summed E-state index contributed by atoms with van der Waals surface area (Å²) < 4.78 is 84.2. The molecule has 52 nitrogen and oxygen atoms in total. The number of aliphatic hydroxyl groups excluding tert-OH is 22. The third-order valence-corrected chi connectivity index (χ3v) is 27.1. The zero-order chi connectivity index (χ0) is 107. The molecule has 30 N–H and O–H groups in total. The highest BCUT2D eigenvalue weighted by atomic mass is 16.8. The molecule has 0 aromatic heterocycles. The van der Waals surface area contributed by atoms with Crippen molar-refractivity contribution in [1.29, 1.82) is 0 Å². The largest absolute Gasteiger partial charge is 0.477 e. The second kappa shape index (κ2) is 61.7. The number of aliphatic hydroxyl groups is 22. The van der Waals surface area contributed by atoms with Crippen molar-refractivity contribution in [2.75, 3.05) is 52.9 Å². The number of nitrogens with one attached hydrogen (secondary N) is 5. The molecule has 7 heterocycles. The molecule has 0 saturated carbocycles. The van der Waals surface area contributed by atoms with E-state index in [9.17, 15) is 166 Å². The van der Waals surface area contributed by atoms with E-state index in [0.29, 0.717) is 12.8 Å². The van der Waals surface area contributed by atoms with Gasteiger partial charge in [0.1, 0.15) is 153 Å². The van der Waals surface area contributed by atoms with Crippen molar-refractivity contribution >= 4 is 47.4 Å². The van der Waals surface area contributed by atoms with Gasteiger partial charge in [0.05, 0.1) is 101 Å². The molecule has 0 aromatic rings. The number of allylic oxidation sites excluding steroid dienone is 1. The third kappa shape index (κ3) is 35.0. The zero-order valence-electron chi connectivity index (χ0n) is 82.8. The summed E-state index contributed by atoms with van der Waals surface area (Å²) in [7, 11) is 0. The van der Waals surface area contributed by atoms with Gasteiger partial charge in [-0.25, -0.2) is 14.4 Å². The van der Waals surface area contributed by atoms with Crippen LogP contribution in [0, 0.1) is 0 Å². The lowest BCUT2D eigenvalue weighted by Gasteiger charge is -2.53. The highest BCUT2D eigenvalue weighted by Crippen LogP contribution is 2.45. The van der Waals surface area contributed by atoms with Crippen molar-refractivity contribution in [3.8, 4) is 0 Å². The number of rotatable bonds is 64. The minimum atomic E-state index is -3.64. The van der Waals surface area contributed by atoms with Crippen molar-refractivity contribution in [3.63, 3.8) is 0 Å². The van der Waals surface area contributed by atoms with Gasteiger partial charge in [0, 0.05) is 53.4 Å². The van der Waals surface area contributed by atoms with E-state index in [4.69, 9.17) is 66.3 Å². The maximum absolute atomic E-state index is 14.2. The summed E-state index contributed by atoms with van der Waals surface area (Å²) in [6.45, 7) is -2.16. The average molecular weight is 2100 g/mol. The number of ether oxygens (including phenoxy) is 14. The Morgan fingerprint density at radius 1 is 0.372 bits per heavy atom. The highest BCUT2D eigenvalue weighted by Gasteiger charge is 2.66. The van der Waals surface area contributed by atoms with Crippen molar-refractivity contribution < 1.29 is 232 Å². The number of carbonyl (C=O) groups is 8. The van der Waals surface area contributed by atoms with Crippen LogP contribution in [0.3, 0.4) is 0 Å². The van der Waals surface area contributed by atoms with Crippen LogP contribution in [0.2, 0.25) is 0 Å². The second-order valence-corrected chi connectivity index (χ2v) is 38.5. The highest BCUT2D eigenvalue weighted by molar-refractivity contribution is 5.79. The van der Waals surface area contributed by atoms with Gasteiger partial charge in [-0.05, 0) is 19.3 Å². The summed E-state index contributed by atoms with van der Waals surface area (Å²) in [6.07, 6.45) is -49.8. The van der Waals surface area contributed by atoms with Gasteiger partial charge in [0.15, 0.2) is 25.2 Å². The molecule has 52 heteroatoms. The standard InChI is InChI=1S/C93H161N5O47/c1-7-9-11-13-15-17-19-21-23-25-27-29-31-33-51(110)50(98-62(116)34-32-30-28-26-24-22-20-18-16-14-12-10-8-2)45-132-85-73(123)72(122)76(60(43-104)135-85)137-87-75(125)83(145-93(90(130)131)37-53(112)64(95-47(4)107)80(142-93)68(118)56(115)39-100)77(61(44-105)136-87)138-84-66(97-49(6)109)78(69(119)57(40-101)133-84)139-86-74(124)82(70(120)58(41-102)134-86)144-92(89(128)129)36-54(113)65(96-48(5)108)81(143-92)71(121)59(42-103)140-91(88(126)127)35-52(111)63(94-46(3)106)79(141-91)67(117)55(114)38-99/h31,33,50-61,63-87,99-105,110-115,117-125H,7-30,32,34-45H2,1-6H3,(H,94,106)(H,95,107)(H,96,108)(H,97,109)(H,98,116)(H,126,127)(H,128,129)(H,130,131)/b33-31+/t50-,51+,52?,53?,54?,55+,56+,57?,58?,59+,60?,61?,63+,64+,65+,66?,67+,68+,69-,70-,71+,72+,73?,74?,75?,76+,77-,78+,79?,80?,81?,82-,83+,84-,85+,86-,87-,91+,92-,93-/m0/s1. The van der Waals surface area contributed by atoms with Crippen LogP contribution in [0.25, 0.3) is 0 Å². The fourth-order valence-corrected chi connectivity index (χ4v) is 19.1. The third-order valence-electron chi connectivity index (χ3n) is 27.1. The molecule has 40 atom stereocenters. The second-order valence-electron chi connectivity index (χ2n) is 38.5. The van der Waals surface area contributed by atoms with E-state index in [1.807, 2.05) is 0 Å². The molecule has 0 radical (unpaired) electrons. The average Bonchev–Trinajstić information content (AvgIpc) is 0.721. The number of carbonyl (C=O) groups excluding carboxylic acids is 5. The molecule has 5 amide bonds. The Labute approximate surface area is 839 Å². The molecule has 0 spiro atoms. The van der Waals surface area contributed by atoms with Crippen molar-refractivity contribution in [1.82, 2.24) is 26.6 Å². The fraction of sp³-hybridized carbons (Fsp3) is 0.892. The molecule has 7 aliphatic heterocycles. The molecule has 7 fully saturated rings. The summed E-state index contributed by atoms with van der Waals surface area (Å²) in [6, 6.07) is -9.29. The molecule has 840 valence electrons. The summed E-state index contributed by atoms with van der Waals surface area (Å²) in [4.78, 5) is 107. The number of unbranched alkanes of at least 4 members (excludes halogenated alkanes) is 23. The van der Waals surface area contributed by atoms with Crippen molar-refractivity contribution in [2.45, 2.75) is 471 Å². The molecule has 7 rings (SSSR count). The molecule has 0 aromatic carbocycles. The summed E-state index contributed by atoms with van der Waals surface area (Å²) >= 11 is 0. The van der Waals surface area contributed by atoms with Crippen molar-refractivity contribution in [3.05, 3.63) is 12.2 Å². The number of hydrogen-bond donors (Lipinski definition) is 30. The number of amides is 5. The molecule has 7 aliphatic rings. The molecule has 0 bridgehead atoms. The first-order valence-electron chi connectivity index (χ1n) is 50.4. The van der Waals surface area contributed by atoms with Gasteiger partial charge in [-0.3, -0.25) is 24.0 Å². The van der Waals surface area contributed by atoms with E-state index >= 15 is 0 Å². The lowest BCUT2D eigenvalue weighted by molar-refractivity contribution is -0.405. The Kier molecular flexibility index (Phi) is 53.6. The quantitative estimate of drug-likeness (QED) is 0.0199. The number of hydrogen-bond acceptors (Lipinski definition) is 44.